The molecular formula is C24H34F3N3O3. The van der Waals surface area contributed by atoms with Crippen molar-refractivity contribution in [3.05, 3.63) is 29.1 Å². The first-order valence-electron chi connectivity index (χ1n) is 11.8. The van der Waals surface area contributed by atoms with Crippen molar-refractivity contribution in [2.75, 3.05) is 26.9 Å². The van der Waals surface area contributed by atoms with E-state index in [1.807, 2.05) is 0 Å². The lowest BCUT2D eigenvalue weighted by Gasteiger charge is -2.40. The SMILES string of the molecule is CO[C@@H]1COCC[C@@H]1N[C@H]1CC[C@@](C(=O)N2CCc3ncc(C(F)(F)F)cc3C2)(C(C)C)C1. The number of amides is 1. The van der Waals surface area contributed by atoms with E-state index in [1.54, 1.807) is 12.0 Å². The predicted molar refractivity (Wildman–Crippen MR) is 116 cm³/mol. The van der Waals surface area contributed by atoms with Gasteiger partial charge in [0, 0.05) is 57.2 Å². The Kier molecular flexibility index (Phi) is 7.03. The Morgan fingerprint density at radius 2 is 2.15 bits per heavy atom. The van der Waals surface area contributed by atoms with Gasteiger partial charge in [0.25, 0.3) is 0 Å². The molecule has 1 saturated heterocycles. The first-order chi connectivity index (χ1) is 15.6. The molecule has 2 aliphatic heterocycles. The molecule has 1 aromatic heterocycles. The fraction of sp³-hybridized carbons (Fsp3) is 0.750. The van der Waals surface area contributed by atoms with Gasteiger partial charge in [-0.1, -0.05) is 13.8 Å². The van der Waals surface area contributed by atoms with Gasteiger partial charge in [0.2, 0.25) is 5.91 Å². The average Bonchev–Trinajstić information content (AvgIpc) is 3.23. The van der Waals surface area contributed by atoms with Crippen LogP contribution in [0.4, 0.5) is 13.2 Å². The fourth-order valence-corrected chi connectivity index (χ4v) is 5.69. The maximum atomic E-state index is 13.8. The van der Waals surface area contributed by atoms with E-state index in [4.69, 9.17) is 9.47 Å². The first kappa shape index (κ1) is 24.4. The van der Waals surface area contributed by atoms with Gasteiger partial charge in [-0.05, 0) is 43.2 Å². The number of carbonyl (C=O) groups is 1. The van der Waals surface area contributed by atoms with Crippen molar-refractivity contribution in [3.8, 4) is 0 Å². The van der Waals surface area contributed by atoms with Crippen molar-refractivity contribution in [3.63, 3.8) is 0 Å². The number of pyridine rings is 1. The average molecular weight is 470 g/mol. The van der Waals surface area contributed by atoms with E-state index in [0.717, 1.165) is 37.9 Å². The van der Waals surface area contributed by atoms with Crippen LogP contribution in [-0.2, 0) is 33.4 Å². The second-order valence-electron chi connectivity index (χ2n) is 9.97. The summed E-state index contributed by atoms with van der Waals surface area (Å²) < 4.78 is 50.6. The minimum atomic E-state index is -4.44. The predicted octanol–water partition coefficient (Wildman–Crippen LogP) is 3.57. The smallest absolute Gasteiger partial charge is 0.379 e. The molecule has 6 nitrogen and oxygen atoms in total. The molecular weight excluding hydrogens is 435 g/mol. The largest absolute Gasteiger partial charge is 0.417 e. The van der Waals surface area contributed by atoms with Crippen LogP contribution in [0.25, 0.3) is 0 Å². The Bertz CT molecular complexity index is 863. The third-order valence-corrected chi connectivity index (χ3v) is 7.79. The van der Waals surface area contributed by atoms with Crippen LogP contribution in [0.5, 0.6) is 0 Å². The van der Waals surface area contributed by atoms with Gasteiger partial charge in [0.05, 0.1) is 23.7 Å². The minimum absolute atomic E-state index is 0.00238. The highest BCUT2D eigenvalue weighted by molar-refractivity contribution is 5.83. The number of ether oxygens (including phenoxy) is 2. The van der Waals surface area contributed by atoms with Crippen LogP contribution in [0.2, 0.25) is 0 Å². The molecule has 9 heteroatoms. The molecule has 0 spiro atoms. The maximum absolute atomic E-state index is 13.8. The van der Waals surface area contributed by atoms with E-state index in [0.29, 0.717) is 37.4 Å². The summed E-state index contributed by atoms with van der Waals surface area (Å²) in [5.74, 6) is 0.186. The highest BCUT2D eigenvalue weighted by atomic mass is 19.4. The number of hydrogen-bond acceptors (Lipinski definition) is 5. The van der Waals surface area contributed by atoms with Gasteiger partial charge in [-0.25, -0.2) is 0 Å². The van der Waals surface area contributed by atoms with Crippen LogP contribution in [0.3, 0.4) is 0 Å². The number of carbonyl (C=O) groups excluding carboxylic acids is 1. The van der Waals surface area contributed by atoms with Gasteiger partial charge < -0.3 is 19.7 Å². The quantitative estimate of drug-likeness (QED) is 0.714. The lowest BCUT2D eigenvalue weighted by molar-refractivity contribution is -0.146. The molecule has 4 atom stereocenters. The number of aromatic nitrogens is 1. The highest BCUT2D eigenvalue weighted by Crippen LogP contribution is 2.47. The number of fused-ring (bicyclic) bond motifs is 1. The van der Waals surface area contributed by atoms with Crippen LogP contribution >= 0.6 is 0 Å². The van der Waals surface area contributed by atoms with Crippen molar-refractivity contribution in [1.82, 2.24) is 15.2 Å². The van der Waals surface area contributed by atoms with Crippen molar-refractivity contribution in [2.24, 2.45) is 11.3 Å². The fourth-order valence-electron chi connectivity index (χ4n) is 5.69. The molecule has 184 valence electrons. The molecule has 1 aliphatic carbocycles. The zero-order valence-electron chi connectivity index (χ0n) is 19.6. The molecule has 1 aromatic rings. The maximum Gasteiger partial charge on any atom is 0.417 e. The van der Waals surface area contributed by atoms with E-state index in [1.165, 1.54) is 0 Å². The van der Waals surface area contributed by atoms with Gasteiger partial charge >= 0.3 is 6.18 Å². The summed E-state index contributed by atoms with van der Waals surface area (Å²) in [6.07, 6.45) is 0.180. The van der Waals surface area contributed by atoms with Crippen molar-refractivity contribution in [2.45, 2.75) is 76.9 Å². The summed E-state index contributed by atoms with van der Waals surface area (Å²) in [6.45, 7) is 6.09. The second kappa shape index (κ2) is 9.50. The number of hydrogen-bond donors (Lipinski definition) is 1. The molecule has 1 N–H and O–H groups in total. The molecule has 0 aromatic carbocycles. The van der Waals surface area contributed by atoms with Crippen LogP contribution in [0.1, 0.15) is 56.4 Å². The van der Waals surface area contributed by atoms with Gasteiger partial charge in [-0.2, -0.15) is 13.2 Å². The van der Waals surface area contributed by atoms with Gasteiger partial charge in [-0.3, -0.25) is 9.78 Å². The summed E-state index contributed by atoms with van der Waals surface area (Å²) in [6, 6.07) is 1.55. The lowest BCUT2D eigenvalue weighted by Crippen LogP contribution is -2.52. The zero-order valence-corrected chi connectivity index (χ0v) is 19.6. The topological polar surface area (TPSA) is 63.7 Å². The Morgan fingerprint density at radius 1 is 1.36 bits per heavy atom. The molecule has 1 amide bonds. The minimum Gasteiger partial charge on any atom is -0.379 e. The van der Waals surface area contributed by atoms with Crippen LogP contribution in [-0.4, -0.2) is 60.8 Å². The monoisotopic (exact) mass is 469 g/mol. The number of methoxy groups -OCH3 is 1. The van der Waals surface area contributed by atoms with E-state index >= 15 is 0 Å². The van der Waals surface area contributed by atoms with Crippen molar-refractivity contribution < 1.29 is 27.4 Å². The highest BCUT2D eigenvalue weighted by Gasteiger charge is 2.50. The normalized spacial score (nSPS) is 30.5. The number of alkyl halides is 3. The molecule has 0 bridgehead atoms. The van der Waals surface area contributed by atoms with Crippen LogP contribution < -0.4 is 5.32 Å². The third-order valence-electron chi connectivity index (χ3n) is 7.79. The summed E-state index contributed by atoms with van der Waals surface area (Å²) in [4.78, 5) is 19.6. The lowest BCUT2D eigenvalue weighted by atomic mass is 9.74. The van der Waals surface area contributed by atoms with E-state index in [-0.39, 0.29) is 36.6 Å². The van der Waals surface area contributed by atoms with E-state index in [2.05, 4.69) is 24.1 Å². The number of nitrogens with zero attached hydrogens (tertiary/aromatic N) is 2. The van der Waals surface area contributed by atoms with Crippen molar-refractivity contribution in [1.29, 1.82) is 0 Å². The third kappa shape index (κ3) is 4.91. The summed E-state index contributed by atoms with van der Waals surface area (Å²) in [5.41, 5.74) is -0.121. The second-order valence-corrected chi connectivity index (χ2v) is 9.97. The van der Waals surface area contributed by atoms with E-state index < -0.39 is 17.2 Å². The van der Waals surface area contributed by atoms with Crippen LogP contribution in [0.15, 0.2) is 12.3 Å². The van der Waals surface area contributed by atoms with Gasteiger partial charge in [0.15, 0.2) is 0 Å². The van der Waals surface area contributed by atoms with Gasteiger partial charge in [0.1, 0.15) is 0 Å². The summed E-state index contributed by atoms with van der Waals surface area (Å²) >= 11 is 0. The molecule has 4 rings (SSSR count). The number of halogens is 3. The van der Waals surface area contributed by atoms with Crippen molar-refractivity contribution >= 4 is 5.91 Å². The zero-order chi connectivity index (χ0) is 23.8. The molecule has 1 saturated carbocycles. The summed E-state index contributed by atoms with van der Waals surface area (Å²) in [5, 5.41) is 3.72. The number of nitrogens with one attached hydrogen (secondary N) is 1. The van der Waals surface area contributed by atoms with Crippen LogP contribution in [0, 0.1) is 11.3 Å². The molecule has 2 fully saturated rings. The molecule has 0 radical (unpaired) electrons. The van der Waals surface area contributed by atoms with E-state index in [9.17, 15) is 18.0 Å². The molecule has 0 unspecified atom stereocenters. The van der Waals surface area contributed by atoms with Gasteiger partial charge in [-0.15, -0.1) is 0 Å². The first-order valence-corrected chi connectivity index (χ1v) is 11.8. The molecule has 3 aliphatic rings. The standard InChI is InChI=1S/C24H34F3N3O3/c1-15(2)23(7-4-18(11-23)29-20-6-9-33-14-21(20)32-3)22(31)30-8-5-19-16(13-30)10-17(12-28-19)24(25,26)27/h10,12,15,18,20-21,29H,4-9,11,13-14H2,1-3H3/t18-,20-,21+,23-/m0/s1. The number of rotatable bonds is 5. The molecule has 3 heterocycles. The Morgan fingerprint density at radius 3 is 2.85 bits per heavy atom. The Balaban J connectivity index is 1.48. The summed E-state index contributed by atoms with van der Waals surface area (Å²) in [7, 11) is 1.69. The molecule has 33 heavy (non-hydrogen) atoms. The Hall–Kier alpha value is -1.71. The Labute approximate surface area is 193 Å².